The minimum Gasteiger partial charge on any atom is -0.450 e. The average molecular weight is 375 g/mol. The fraction of sp³-hybridized carbons (Fsp3) is 0.235. The molecule has 0 atom stereocenters. The number of carbonyl (C=O) groups is 3. The third-order valence-corrected chi connectivity index (χ3v) is 3.87. The largest absolute Gasteiger partial charge is 0.450 e. The van der Waals surface area contributed by atoms with Crippen molar-refractivity contribution < 1.29 is 19.1 Å². The van der Waals surface area contributed by atoms with Gasteiger partial charge < -0.3 is 10.1 Å². The average Bonchev–Trinajstić information content (AvgIpc) is 2.84. The Bertz CT molecular complexity index is 943. The molecule has 0 saturated carbocycles. The van der Waals surface area contributed by atoms with Crippen LogP contribution in [0.5, 0.6) is 0 Å². The van der Waals surface area contributed by atoms with Crippen molar-refractivity contribution in [3.63, 3.8) is 0 Å². The summed E-state index contributed by atoms with van der Waals surface area (Å²) < 4.78 is 6.24. The molecular formula is C17H15ClN4O4. The SMILES string of the molecule is Cc1nn(C)c(C)c1C(=O)C(=O)OCC(=O)Nc1cc(Cl)ccc1C#N. The lowest BCUT2D eigenvalue weighted by Crippen LogP contribution is -2.25. The van der Waals surface area contributed by atoms with Gasteiger partial charge in [-0.25, -0.2) is 4.79 Å². The predicted molar refractivity (Wildman–Crippen MR) is 92.8 cm³/mol. The molecule has 26 heavy (non-hydrogen) atoms. The van der Waals surface area contributed by atoms with Crippen LogP contribution >= 0.6 is 11.6 Å². The summed E-state index contributed by atoms with van der Waals surface area (Å²) in [6, 6.07) is 6.25. The molecule has 0 aliphatic carbocycles. The highest BCUT2D eigenvalue weighted by molar-refractivity contribution is 6.41. The van der Waals surface area contributed by atoms with Crippen LogP contribution in [0.15, 0.2) is 18.2 Å². The number of aryl methyl sites for hydroxylation is 2. The summed E-state index contributed by atoms with van der Waals surface area (Å²) >= 11 is 5.83. The number of halogens is 1. The van der Waals surface area contributed by atoms with Crippen molar-refractivity contribution in [2.75, 3.05) is 11.9 Å². The molecule has 0 aliphatic heterocycles. The van der Waals surface area contributed by atoms with Gasteiger partial charge in [0, 0.05) is 17.8 Å². The molecule has 1 aromatic heterocycles. The molecule has 0 spiro atoms. The number of nitrogens with one attached hydrogen (secondary N) is 1. The molecule has 1 N–H and O–H groups in total. The van der Waals surface area contributed by atoms with Crippen molar-refractivity contribution in [1.82, 2.24) is 9.78 Å². The van der Waals surface area contributed by atoms with E-state index in [1.807, 2.05) is 6.07 Å². The fourth-order valence-corrected chi connectivity index (χ4v) is 2.48. The monoisotopic (exact) mass is 374 g/mol. The van der Waals surface area contributed by atoms with Crippen LogP contribution in [0.3, 0.4) is 0 Å². The zero-order valence-electron chi connectivity index (χ0n) is 14.3. The van der Waals surface area contributed by atoms with Crippen LogP contribution < -0.4 is 5.32 Å². The summed E-state index contributed by atoms with van der Waals surface area (Å²) in [7, 11) is 1.65. The first-order chi connectivity index (χ1) is 12.2. The highest BCUT2D eigenvalue weighted by atomic mass is 35.5. The second-order valence-corrected chi connectivity index (χ2v) is 5.86. The normalized spacial score (nSPS) is 10.1. The maximum Gasteiger partial charge on any atom is 0.380 e. The van der Waals surface area contributed by atoms with Gasteiger partial charge in [-0.3, -0.25) is 14.3 Å². The number of ether oxygens (including phenoxy) is 1. The van der Waals surface area contributed by atoms with E-state index in [1.54, 1.807) is 20.9 Å². The molecule has 0 aliphatic rings. The van der Waals surface area contributed by atoms with E-state index in [0.717, 1.165) is 0 Å². The Balaban J connectivity index is 2.01. The number of carbonyl (C=O) groups excluding carboxylic acids is 3. The van der Waals surface area contributed by atoms with Gasteiger partial charge in [0.1, 0.15) is 6.07 Å². The second-order valence-electron chi connectivity index (χ2n) is 5.42. The number of esters is 1. The van der Waals surface area contributed by atoms with Crippen LogP contribution in [-0.2, 0) is 21.4 Å². The number of rotatable bonds is 5. The molecule has 0 fully saturated rings. The van der Waals surface area contributed by atoms with Crippen LogP contribution in [0.2, 0.25) is 5.02 Å². The number of anilines is 1. The Morgan fingerprint density at radius 1 is 1.35 bits per heavy atom. The van der Waals surface area contributed by atoms with Crippen molar-refractivity contribution in [3.05, 3.63) is 45.7 Å². The molecule has 0 unspecified atom stereocenters. The summed E-state index contributed by atoms with van der Waals surface area (Å²) in [4.78, 5) is 36.0. The van der Waals surface area contributed by atoms with Gasteiger partial charge in [0.05, 0.1) is 22.5 Å². The molecule has 1 aromatic carbocycles. The van der Waals surface area contributed by atoms with E-state index in [1.165, 1.54) is 22.9 Å². The van der Waals surface area contributed by atoms with Crippen molar-refractivity contribution in [1.29, 1.82) is 5.26 Å². The van der Waals surface area contributed by atoms with Gasteiger partial charge in [0.2, 0.25) is 0 Å². The minimum atomic E-state index is -1.16. The van der Waals surface area contributed by atoms with Crippen LogP contribution in [0, 0.1) is 25.2 Å². The molecule has 0 bridgehead atoms. The quantitative estimate of drug-likeness (QED) is 0.486. The van der Waals surface area contributed by atoms with Crippen LogP contribution in [0.25, 0.3) is 0 Å². The molecule has 0 saturated heterocycles. The molecule has 2 aromatic rings. The number of ketones is 1. The molecule has 9 heteroatoms. The van der Waals surface area contributed by atoms with E-state index in [2.05, 4.69) is 10.4 Å². The van der Waals surface area contributed by atoms with E-state index in [0.29, 0.717) is 16.4 Å². The van der Waals surface area contributed by atoms with Crippen molar-refractivity contribution in [3.8, 4) is 6.07 Å². The topological polar surface area (TPSA) is 114 Å². The lowest BCUT2D eigenvalue weighted by Gasteiger charge is -2.08. The van der Waals surface area contributed by atoms with Crippen molar-refractivity contribution >= 4 is 34.9 Å². The third-order valence-electron chi connectivity index (χ3n) is 3.63. The van der Waals surface area contributed by atoms with Gasteiger partial charge in [-0.05, 0) is 32.0 Å². The van der Waals surface area contributed by atoms with Gasteiger partial charge in [-0.2, -0.15) is 10.4 Å². The Morgan fingerprint density at radius 3 is 2.62 bits per heavy atom. The van der Waals surface area contributed by atoms with Gasteiger partial charge in [0.15, 0.2) is 6.61 Å². The summed E-state index contributed by atoms with van der Waals surface area (Å²) in [5.41, 5.74) is 1.46. The molecule has 1 amide bonds. The smallest absolute Gasteiger partial charge is 0.380 e. The zero-order chi connectivity index (χ0) is 19.4. The lowest BCUT2D eigenvalue weighted by molar-refractivity contribution is -0.142. The molecule has 8 nitrogen and oxygen atoms in total. The molecule has 134 valence electrons. The third kappa shape index (κ3) is 4.07. The Kier molecular flexibility index (Phi) is 5.75. The van der Waals surface area contributed by atoms with Crippen LogP contribution in [-0.4, -0.2) is 34.0 Å². The first kappa shape index (κ1) is 19.1. The lowest BCUT2D eigenvalue weighted by atomic mass is 10.1. The standard InChI is InChI=1S/C17H15ClN4O4/c1-9-15(10(2)22(3)21-9)16(24)17(25)26-8-14(23)20-13-6-12(18)5-4-11(13)7-19/h4-6H,8H2,1-3H3,(H,20,23). The number of hydrogen-bond acceptors (Lipinski definition) is 6. The van der Waals surface area contributed by atoms with E-state index < -0.39 is 24.3 Å². The summed E-state index contributed by atoms with van der Waals surface area (Å²) in [5.74, 6) is -2.74. The minimum absolute atomic E-state index is 0.152. The van der Waals surface area contributed by atoms with Gasteiger partial charge in [-0.1, -0.05) is 11.6 Å². The van der Waals surface area contributed by atoms with E-state index >= 15 is 0 Å². The van der Waals surface area contributed by atoms with Crippen molar-refractivity contribution in [2.24, 2.45) is 7.05 Å². The highest BCUT2D eigenvalue weighted by Crippen LogP contribution is 2.20. The predicted octanol–water partition coefficient (Wildman–Crippen LogP) is 1.93. The number of nitrogens with zero attached hydrogens (tertiary/aromatic N) is 3. The van der Waals surface area contributed by atoms with Gasteiger partial charge in [-0.15, -0.1) is 0 Å². The molecule has 2 rings (SSSR count). The molecular weight excluding hydrogens is 360 g/mol. The first-order valence-corrected chi connectivity index (χ1v) is 7.83. The number of Topliss-reactive ketones (excluding diaryl/α,β-unsaturated/α-hetero) is 1. The fourth-order valence-electron chi connectivity index (χ4n) is 2.30. The maximum atomic E-state index is 12.2. The Hall–Kier alpha value is -3.18. The molecule has 1 heterocycles. The van der Waals surface area contributed by atoms with Gasteiger partial charge in [0.25, 0.3) is 11.7 Å². The van der Waals surface area contributed by atoms with Crippen molar-refractivity contribution in [2.45, 2.75) is 13.8 Å². The van der Waals surface area contributed by atoms with Gasteiger partial charge >= 0.3 is 5.97 Å². The Morgan fingerprint density at radius 2 is 2.04 bits per heavy atom. The highest BCUT2D eigenvalue weighted by Gasteiger charge is 2.25. The van der Waals surface area contributed by atoms with Crippen LogP contribution in [0.1, 0.15) is 27.3 Å². The number of amides is 1. The number of aromatic nitrogens is 2. The van der Waals surface area contributed by atoms with Crippen LogP contribution in [0.4, 0.5) is 5.69 Å². The zero-order valence-corrected chi connectivity index (χ0v) is 15.0. The maximum absolute atomic E-state index is 12.2. The van der Waals surface area contributed by atoms with E-state index in [9.17, 15) is 14.4 Å². The number of benzene rings is 1. The first-order valence-electron chi connectivity index (χ1n) is 7.45. The Labute approximate surface area is 154 Å². The summed E-state index contributed by atoms with van der Waals surface area (Å²) in [6.45, 7) is 2.57. The number of nitriles is 1. The molecule has 0 radical (unpaired) electrons. The van der Waals surface area contributed by atoms with E-state index in [-0.39, 0.29) is 16.8 Å². The summed E-state index contributed by atoms with van der Waals surface area (Å²) in [5, 5.41) is 15.8. The second kappa shape index (κ2) is 7.80. The summed E-state index contributed by atoms with van der Waals surface area (Å²) in [6.07, 6.45) is 0. The number of hydrogen-bond donors (Lipinski definition) is 1. The van der Waals surface area contributed by atoms with E-state index in [4.69, 9.17) is 21.6 Å².